The zero-order valence-corrected chi connectivity index (χ0v) is 21.0. The number of urea groups is 1. The third-order valence-electron chi connectivity index (χ3n) is 6.41. The number of primary amides is 1. The molecule has 0 aromatic heterocycles. The lowest BCUT2D eigenvalue weighted by molar-refractivity contribution is -0.592. The van der Waals surface area contributed by atoms with E-state index in [9.17, 15) is 9.18 Å². The predicted molar refractivity (Wildman–Crippen MR) is 136 cm³/mol. The molecule has 5 N–H and O–H groups in total. The van der Waals surface area contributed by atoms with Gasteiger partial charge in [0, 0.05) is 36.1 Å². The molecule has 33 heavy (non-hydrogen) atoms. The van der Waals surface area contributed by atoms with Crippen LogP contribution in [0, 0.1) is 16.7 Å². The van der Waals surface area contributed by atoms with Crippen LogP contribution in [0.15, 0.2) is 42.1 Å². The van der Waals surface area contributed by atoms with Crippen LogP contribution in [0.4, 0.5) is 14.9 Å². The van der Waals surface area contributed by atoms with Gasteiger partial charge in [-0.2, -0.15) is 0 Å². The zero-order chi connectivity index (χ0) is 24.6. The number of rotatable bonds is 11. The van der Waals surface area contributed by atoms with Crippen LogP contribution >= 0.6 is 0 Å². The first-order valence-electron chi connectivity index (χ1n) is 12.1. The number of quaternary nitrogens is 1. The van der Waals surface area contributed by atoms with E-state index in [0.717, 1.165) is 35.4 Å². The third kappa shape index (κ3) is 8.11. The Hall–Kier alpha value is -2.47. The van der Waals surface area contributed by atoms with Crippen molar-refractivity contribution < 1.29 is 14.5 Å². The number of amides is 2. The van der Waals surface area contributed by atoms with Crippen molar-refractivity contribution in [2.75, 3.05) is 11.9 Å². The van der Waals surface area contributed by atoms with E-state index in [1.54, 1.807) is 17.5 Å². The minimum Gasteiger partial charge on any atom is -0.355 e. The van der Waals surface area contributed by atoms with Gasteiger partial charge in [-0.05, 0) is 66.9 Å². The fourth-order valence-electron chi connectivity index (χ4n) is 4.12. The largest absolute Gasteiger partial charge is 0.413 e. The van der Waals surface area contributed by atoms with Crippen LogP contribution in [0.25, 0.3) is 0 Å². The molecule has 0 saturated heterocycles. The normalized spacial score (nSPS) is 17.9. The molecule has 0 bridgehead atoms. The van der Waals surface area contributed by atoms with Crippen molar-refractivity contribution in [2.45, 2.75) is 78.9 Å². The van der Waals surface area contributed by atoms with Crippen LogP contribution in [0.2, 0.25) is 0 Å². The number of alkyl halides is 1. The fraction of sp³-hybridized carbons (Fsp3) is 0.556. The van der Waals surface area contributed by atoms with Gasteiger partial charge in [-0.3, -0.25) is 5.32 Å². The Kier molecular flexibility index (Phi) is 9.84. The van der Waals surface area contributed by atoms with Gasteiger partial charge in [-0.15, -0.1) is 0 Å². The molecule has 0 radical (unpaired) electrons. The van der Waals surface area contributed by atoms with Crippen molar-refractivity contribution >= 4 is 17.9 Å². The number of carbonyl (C=O) groups excluding carboxylic acids is 1. The number of hydrogen-bond acceptors (Lipinski definition) is 3. The van der Waals surface area contributed by atoms with Gasteiger partial charge < -0.3 is 16.0 Å². The minimum atomic E-state index is -0.928. The van der Waals surface area contributed by atoms with E-state index in [-0.39, 0.29) is 23.4 Å². The summed E-state index contributed by atoms with van der Waals surface area (Å²) < 4.78 is 13.4. The van der Waals surface area contributed by atoms with Gasteiger partial charge in [0.25, 0.3) is 0 Å². The summed E-state index contributed by atoms with van der Waals surface area (Å²) in [6.45, 7) is 13.5. The number of benzene rings is 1. The highest BCUT2D eigenvalue weighted by atomic mass is 19.1. The second kappa shape index (κ2) is 12.1. The molecule has 0 heterocycles. The van der Waals surface area contributed by atoms with Gasteiger partial charge >= 0.3 is 6.03 Å². The average molecular weight is 458 g/mol. The van der Waals surface area contributed by atoms with Crippen LogP contribution in [-0.4, -0.2) is 31.0 Å². The van der Waals surface area contributed by atoms with Gasteiger partial charge in [-0.1, -0.05) is 46.8 Å². The summed E-state index contributed by atoms with van der Waals surface area (Å²) >= 11 is 0. The maximum Gasteiger partial charge on any atom is 0.413 e. The van der Waals surface area contributed by atoms with E-state index in [1.165, 1.54) is 6.21 Å². The molecule has 3 unspecified atom stereocenters. The summed E-state index contributed by atoms with van der Waals surface area (Å²) in [6, 6.07) is 6.44. The standard InChI is InChI=1S/C27H41FN4O/c1-7-19(4)31-26(33)30-17-27(5,6)24(14-18(2)3)20-8-13-25(21(15-20)16-29)32-23-11-9-22(28)10-12-23/h8-9,11-13,15-16,18-19,22,24,29,32H,7,10,14,17H2,1-6H3,(H2,30,31,33)/p+1. The molecule has 0 fully saturated rings. The summed E-state index contributed by atoms with van der Waals surface area (Å²) in [4.78, 5) is 12.4. The number of hydrogen-bond donors (Lipinski definition) is 4. The SMILES string of the molecule is CCC(C)[NH2+]C(=O)NCC(C)(C)C(CC(C)C)c1ccc(NC2=CCC(F)C=C2)c(C=N)c1. The molecular formula is C27H42FN4O+. The van der Waals surface area contributed by atoms with E-state index in [2.05, 4.69) is 64.3 Å². The van der Waals surface area contributed by atoms with Crippen molar-refractivity contribution in [1.82, 2.24) is 5.32 Å². The van der Waals surface area contributed by atoms with Crippen molar-refractivity contribution in [3.05, 3.63) is 53.3 Å². The summed E-state index contributed by atoms with van der Waals surface area (Å²) in [7, 11) is 0. The molecule has 1 aliphatic carbocycles. The molecule has 0 spiro atoms. The van der Waals surface area contributed by atoms with Crippen LogP contribution in [0.1, 0.15) is 77.8 Å². The average Bonchev–Trinajstić information content (AvgIpc) is 2.77. The molecule has 1 aromatic carbocycles. The third-order valence-corrected chi connectivity index (χ3v) is 6.41. The first kappa shape index (κ1) is 26.8. The van der Waals surface area contributed by atoms with Crippen molar-refractivity contribution in [3.8, 4) is 0 Å². The van der Waals surface area contributed by atoms with Crippen molar-refractivity contribution in [2.24, 2.45) is 11.3 Å². The van der Waals surface area contributed by atoms with Gasteiger partial charge in [0.2, 0.25) is 0 Å². The first-order chi connectivity index (χ1) is 15.6. The Morgan fingerprint density at radius 3 is 2.64 bits per heavy atom. The molecule has 2 rings (SSSR count). The Morgan fingerprint density at radius 2 is 2.06 bits per heavy atom. The van der Waals surface area contributed by atoms with Gasteiger partial charge in [-0.25, -0.2) is 9.18 Å². The van der Waals surface area contributed by atoms with Crippen LogP contribution in [0.5, 0.6) is 0 Å². The summed E-state index contributed by atoms with van der Waals surface area (Å²) in [5, 5.41) is 16.2. The van der Waals surface area contributed by atoms with E-state index >= 15 is 0 Å². The maximum absolute atomic E-state index is 13.4. The Bertz CT molecular complexity index is 875. The quantitative estimate of drug-likeness (QED) is 0.331. The predicted octanol–water partition coefficient (Wildman–Crippen LogP) is 5.51. The number of anilines is 1. The molecule has 6 heteroatoms. The lowest BCUT2D eigenvalue weighted by Crippen LogP contribution is -2.95. The summed E-state index contributed by atoms with van der Waals surface area (Å²) in [5.41, 5.74) is 3.47. The zero-order valence-electron chi connectivity index (χ0n) is 21.0. The monoisotopic (exact) mass is 457 g/mol. The summed E-state index contributed by atoms with van der Waals surface area (Å²) in [5.74, 6) is 0.708. The fourth-order valence-corrected chi connectivity index (χ4v) is 4.12. The van der Waals surface area contributed by atoms with Crippen molar-refractivity contribution in [1.29, 1.82) is 5.41 Å². The Labute approximate surface area is 198 Å². The molecule has 182 valence electrons. The first-order valence-corrected chi connectivity index (χ1v) is 12.1. The number of nitrogens with two attached hydrogens (primary N) is 1. The molecule has 1 aliphatic rings. The van der Waals surface area contributed by atoms with Crippen LogP contribution in [0.3, 0.4) is 0 Å². The second-order valence-corrected chi connectivity index (χ2v) is 10.3. The second-order valence-electron chi connectivity index (χ2n) is 10.3. The molecule has 0 saturated carbocycles. The molecular weight excluding hydrogens is 415 g/mol. The lowest BCUT2D eigenvalue weighted by atomic mass is 9.71. The molecule has 2 amide bonds. The topological polar surface area (TPSA) is 81.6 Å². The van der Waals surface area contributed by atoms with Crippen LogP contribution in [-0.2, 0) is 0 Å². The highest BCUT2D eigenvalue weighted by molar-refractivity contribution is 5.87. The lowest BCUT2D eigenvalue weighted by Gasteiger charge is -2.36. The molecule has 5 nitrogen and oxygen atoms in total. The van der Waals surface area contributed by atoms with Crippen molar-refractivity contribution in [3.63, 3.8) is 0 Å². The minimum absolute atomic E-state index is 0.00946. The molecule has 0 aliphatic heterocycles. The number of carbonyl (C=O) groups is 1. The van der Waals surface area contributed by atoms with E-state index in [0.29, 0.717) is 18.9 Å². The number of halogens is 1. The number of allylic oxidation sites excluding steroid dienone is 3. The number of nitrogens with one attached hydrogen (secondary N) is 3. The maximum atomic E-state index is 13.4. The molecule has 3 atom stereocenters. The van der Waals surface area contributed by atoms with Gasteiger partial charge in [0.05, 0.1) is 6.04 Å². The Balaban J connectivity index is 2.23. The van der Waals surface area contributed by atoms with Gasteiger partial charge in [0.15, 0.2) is 0 Å². The van der Waals surface area contributed by atoms with E-state index in [1.807, 2.05) is 12.1 Å². The Morgan fingerprint density at radius 1 is 1.33 bits per heavy atom. The highest BCUT2D eigenvalue weighted by Crippen LogP contribution is 2.40. The summed E-state index contributed by atoms with van der Waals surface area (Å²) in [6.07, 6.45) is 7.86. The van der Waals surface area contributed by atoms with E-state index in [4.69, 9.17) is 5.41 Å². The van der Waals surface area contributed by atoms with Crippen LogP contribution < -0.4 is 16.0 Å². The smallest absolute Gasteiger partial charge is 0.355 e. The van der Waals surface area contributed by atoms with E-state index < -0.39 is 6.17 Å². The molecule has 1 aromatic rings. The highest BCUT2D eigenvalue weighted by Gasteiger charge is 2.32. The van der Waals surface area contributed by atoms with Gasteiger partial charge in [0.1, 0.15) is 6.17 Å².